The number of hydrogen-bond donors (Lipinski definition) is 1. The van der Waals surface area contributed by atoms with Crippen LogP contribution in [0, 0.1) is 12.7 Å². The zero-order valence-corrected chi connectivity index (χ0v) is 16.2. The average molecular weight is 398 g/mol. The molecule has 2 aromatic heterocycles. The number of halogens is 1. The van der Waals surface area contributed by atoms with Crippen molar-refractivity contribution in [2.24, 2.45) is 0 Å². The van der Waals surface area contributed by atoms with E-state index in [4.69, 9.17) is 0 Å². The van der Waals surface area contributed by atoms with Crippen LogP contribution in [0.1, 0.15) is 30.9 Å². The van der Waals surface area contributed by atoms with E-state index in [1.807, 2.05) is 31.2 Å². The molecule has 2 aromatic carbocycles. The number of nitrogens with zero attached hydrogens (tertiary/aromatic N) is 2. The minimum atomic E-state index is -0.260. The average Bonchev–Trinajstić information content (AvgIpc) is 3.24. The van der Waals surface area contributed by atoms with Gasteiger partial charge in [-0.2, -0.15) is 0 Å². The Morgan fingerprint density at radius 1 is 1.04 bits per heavy atom. The van der Waals surface area contributed by atoms with Crippen LogP contribution in [0.2, 0.25) is 0 Å². The Kier molecular flexibility index (Phi) is 4.96. The number of amides is 1. The molecule has 0 atom stereocenters. The molecule has 1 N–H and O–H groups in total. The van der Waals surface area contributed by atoms with Crippen LogP contribution in [0.4, 0.5) is 4.39 Å². The highest BCUT2D eigenvalue weighted by molar-refractivity contribution is 7.18. The first kappa shape index (κ1) is 17.8. The van der Waals surface area contributed by atoms with Gasteiger partial charge in [0.25, 0.3) is 5.91 Å². The Morgan fingerprint density at radius 3 is 2.59 bits per heavy atom. The van der Waals surface area contributed by atoms with Gasteiger partial charge in [-0.1, -0.05) is 24.3 Å². The zero-order valence-electron chi connectivity index (χ0n) is 14.5. The van der Waals surface area contributed by atoms with Crippen LogP contribution in [0.25, 0.3) is 10.2 Å². The van der Waals surface area contributed by atoms with E-state index in [1.54, 1.807) is 23.5 Å². The molecule has 136 valence electrons. The Bertz CT molecular complexity index is 1070. The second kappa shape index (κ2) is 7.54. The van der Waals surface area contributed by atoms with Gasteiger partial charge in [0.2, 0.25) is 0 Å². The van der Waals surface area contributed by atoms with Gasteiger partial charge in [-0.3, -0.25) is 4.79 Å². The van der Waals surface area contributed by atoms with Crippen molar-refractivity contribution in [3.63, 3.8) is 0 Å². The summed E-state index contributed by atoms with van der Waals surface area (Å²) in [5.41, 5.74) is 2.62. The normalized spacial score (nSPS) is 11.0. The summed E-state index contributed by atoms with van der Waals surface area (Å²) in [7, 11) is 0. The van der Waals surface area contributed by atoms with Crippen LogP contribution in [0.3, 0.4) is 0 Å². The Balaban J connectivity index is 1.43. The third kappa shape index (κ3) is 4.04. The molecule has 0 saturated carbocycles. The van der Waals surface area contributed by atoms with Gasteiger partial charge < -0.3 is 5.32 Å². The molecule has 0 aliphatic carbocycles. The summed E-state index contributed by atoms with van der Waals surface area (Å²) in [6, 6.07) is 14.3. The second-order valence-electron chi connectivity index (χ2n) is 6.08. The van der Waals surface area contributed by atoms with Crippen molar-refractivity contribution >= 4 is 38.8 Å². The molecule has 4 rings (SSSR count). The van der Waals surface area contributed by atoms with Crippen LogP contribution in [-0.2, 0) is 13.0 Å². The monoisotopic (exact) mass is 397 g/mol. The number of thiazole rings is 2. The van der Waals surface area contributed by atoms with Crippen LogP contribution in [-0.4, -0.2) is 15.9 Å². The molecule has 0 fully saturated rings. The van der Waals surface area contributed by atoms with E-state index in [0.717, 1.165) is 25.8 Å². The third-order valence-electron chi connectivity index (χ3n) is 4.05. The lowest BCUT2D eigenvalue weighted by Crippen LogP contribution is -2.22. The van der Waals surface area contributed by atoms with Gasteiger partial charge in [0, 0.05) is 6.42 Å². The topological polar surface area (TPSA) is 54.9 Å². The summed E-state index contributed by atoms with van der Waals surface area (Å²) in [6.07, 6.45) is 0.580. The van der Waals surface area contributed by atoms with Gasteiger partial charge in [0.1, 0.15) is 15.7 Å². The summed E-state index contributed by atoms with van der Waals surface area (Å²) < 4.78 is 14.1. The molecule has 2 heterocycles. The van der Waals surface area contributed by atoms with Crippen LogP contribution in [0.5, 0.6) is 0 Å². The number of hydrogen-bond acceptors (Lipinski definition) is 5. The van der Waals surface area contributed by atoms with Gasteiger partial charge in [-0.15, -0.1) is 22.7 Å². The van der Waals surface area contributed by atoms with E-state index in [2.05, 4.69) is 15.3 Å². The summed E-state index contributed by atoms with van der Waals surface area (Å²) in [5, 5.41) is 4.64. The van der Waals surface area contributed by atoms with Gasteiger partial charge in [0.15, 0.2) is 0 Å². The highest BCUT2D eigenvalue weighted by Crippen LogP contribution is 2.23. The number of fused-ring (bicyclic) bond motifs is 1. The molecule has 0 saturated heterocycles. The van der Waals surface area contributed by atoms with E-state index in [0.29, 0.717) is 23.5 Å². The maximum absolute atomic E-state index is 13.0. The maximum Gasteiger partial charge on any atom is 0.263 e. The molecular formula is C20H16FN3OS2. The number of carbonyl (C=O) groups is 1. The number of carbonyl (C=O) groups excluding carboxylic acids is 1. The number of aryl methyl sites for hydroxylation is 1. The van der Waals surface area contributed by atoms with Crippen molar-refractivity contribution in [2.45, 2.75) is 19.9 Å². The van der Waals surface area contributed by atoms with Crippen LogP contribution in [0.15, 0.2) is 48.5 Å². The third-order valence-corrected chi connectivity index (χ3v) is 6.25. The predicted molar refractivity (Wildman–Crippen MR) is 107 cm³/mol. The molecule has 0 aliphatic heterocycles. The molecule has 0 unspecified atom stereocenters. The molecule has 7 heteroatoms. The number of para-hydroxylation sites is 1. The first-order valence-electron chi connectivity index (χ1n) is 8.42. The lowest BCUT2D eigenvalue weighted by molar-refractivity contribution is 0.0954. The van der Waals surface area contributed by atoms with Crippen molar-refractivity contribution in [1.29, 1.82) is 0 Å². The molecule has 4 aromatic rings. The SMILES string of the molecule is Cc1nc(Cc2ccc(F)cc2)sc1C(=O)NCc1nc2ccccc2s1. The number of nitrogens with one attached hydrogen (secondary N) is 1. The van der Waals surface area contributed by atoms with E-state index in [-0.39, 0.29) is 11.7 Å². The largest absolute Gasteiger partial charge is 0.345 e. The van der Waals surface area contributed by atoms with Crippen molar-refractivity contribution < 1.29 is 9.18 Å². The highest BCUT2D eigenvalue weighted by atomic mass is 32.1. The molecule has 0 radical (unpaired) electrons. The number of benzene rings is 2. The lowest BCUT2D eigenvalue weighted by Gasteiger charge is -2.01. The fourth-order valence-corrected chi connectivity index (χ4v) is 4.67. The van der Waals surface area contributed by atoms with Crippen molar-refractivity contribution in [3.05, 3.63) is 80.5 Å². The predicted octanol–water partition coefficient (Wildman–Crippen LogP) is 4.72. The Morgan fingerprint density at radius 2 is 1.81 bits per heavy atom. The first-order chi connectivity index (χ1) is 13.1. The Labute approximate surface area is 163 Å². The van der Waals surface area contributed by atoms with Crippen molar-refractivity contribution in [3.8, 4) is 0 Å². The lowest BCUT2D eigenvalue weighted by atomic mass is 10.1. The minimum absolute atomic E-state index is 0.144. The number of rotatable bonds is 5. The zero-order chi connectivity index (χ0) is 18.8. The van der Waals surface area contributed by atoms with Crippen LogP contribution >= 0.6 is 22.7 Å². The van der Waals surface area contributed by atoms with E-state index < -0.39 is 0 Å². The maximum atomic E-state index is 13.0. The summed E-state index contributed by atoms with van der Waals surface area (Å²) in [5.74, 6) is -0.404. The smallest absolute Gasteiger partial charge is 0.263 e. The van der Waals surface area contributed by atoms with Crippen molar-refractivity contribution in [2.75, 3.05) is 0 Å². The highest BCUT2D eigenvalue weighted by Gasteiger charge is 2.16. The molecule has 27 heavy (non-hydrogen) atoms. The molecule has 0 aliphatic rings. The van der Waals surface area contributed by atoms with Gasteiger partial charge in [-0.05, 0) is 36.8 Å². The first-order valence-corrected chi connectivity index (χ1v) is 10.0. The standard InChI is InChI=1S/C20H16FN3OS2/c1-12-19(27-17(23-12)10-13-6-8-14(21)9-7-13)20(25)22-11-18-24-15-4-2-3-5-16(15)26-18/h2-9H,10-11H2,1H3,(H,22,25). The molecule has 0 bridgehead atoms. The molecule has 1 amide bonds. The van der Waals surface area contributed by atoms with Crippen molar-refractivity contribution in [1.82, 2.24) is 15.3 Å². The van der Waals surface area contributed by atoms with Gasteiger partial charge in [-0.25, -0.2) is 14.4 Å². The molecule has 0 spiro atoms. The summed E-state index contributed by atoms with van der Waals surface area (Å²) >= 11 is 2.95. The minimum Gasteiger partial charge on any atom is -0.345 e. The quantitative estimate of drug-likeness (QED) is 0.530. The van der Waals surface area contributed by atoms with E-state index in [1.165, 1.54) is 23.5 Å². The van der Waals surface area contributed by atoms with E-state index >= 15 is 0 Å². The fraction of sp³-hybridized carbons (Fsp3) is 0.150. The van der Waals surface area contributed by atoms with Crippen LogP contribution < -0.4 is 5.32 Å². The van der Waals surface area contributed by atoms with Gasteiger partial charge >= 0.3 is 0 Å². The summed E-state index contributed by atoms with van der Waals surface area (Å²) in [6.45, 7) is 2.22. The Hall–Kier alpha value is -2.64. The number of aromatic nitrogens is 2. The summed E-state index contributed by atoms with van der Waals surface area (Å²) in [4.78, 5) is 22.2. The molecular weight excluding hydrogens is 381 g/mol. The van der Waals surface area contributed by atoms with Gasteiger partial charge in [0.05, 0.1) is 27.5 Å². The fourth-order valence-electron chi connectivity index (χ4n) is 2.75. The van der Waals surface area contributed by atoms with E-state index in [9.17, 15) is 9.18 Å². The molecule has 4 nitrogen and oxygen atoms in total. The second-order valence-corrected chi connectivity index (χ2v) is 8.28.